The van der Waals surface area contributed by atoms with Gasteiger partial charge in [-0.3, -0.25) is 4.79 Å². The van der Waals surface area contributed by atoms with Crippen molar-refractivity contribution < 1.29 is 4.79 Å². The van der Waals surface area contributed by atoms with Gasteiger partial charge in [0.15, 0.2) is 0 Å². The first kappa shape index (κ1) is 8.02. The second-order valence-electron chi connectivity index (χ2n) is 6.23. The van der Waals surface area contributed by atoms with E-state index in [2.05, 4.69) is 13.8 Å². The number of Topliss-reactive ketones (excluding diaryl/α,β-unsaturated/α-hetero) is 1. The third-order valence-electron chi connectivity index (χ3n) is 4.72. The number of hydrogen-bond donors (Lipinski definition) is 0. The highest BCUT2D eigenvalue weighted by Crippen LogP contribution is 2.62. The van der Waals surface area contributed by atoms with Crippen LogP contribution in [0.5, 0.6) is 0 Å². The van der Waals surface area contributed by atoms with Crippen LogP contribution in [0.15, 0.2) is 0 Å². The first-order valence-corrected chi connectivity index (χ1v) is 5.57. The van der Waals surface area contributed by atoms with Crippen molar-refractivity contribution in [3.8, 4) is 0 Å². The Hall–Kier alpha value is -0.330. The Bertz CT molecular complexity index is 241. The van der Waals surface area contributed by atoms with Crippen LogP contribution in [0.4, 0.5) is 0 Å². The SMILES string of the molecule is CC12CC3CC(C1)CC(C)(C3)C2=O. The third kappa shape index (κ3) is 0.858. The van der Waals surface area contributed by atoms with Crippen molar-refractivity contribution in [2.45, 2.75) is 46.0 Å². The largest absolute Gasteiger partial charge is 0.298 e. The van der Waals surface area contributed by atoms with E-state index in [1.54, 1.807) is 0 Å². The van der Waals surface area contributed by atoms with Crippen LogP contribution in [0.3, 0.4) is 0 Å². The van der Waals surface area contributed by atoms with E-state index in [0.717, 1.165) is 11.8 Å². The topological polar surface area (TPSA) is 17.1 Å². The molecule has 1 nitrogen and oxygen atoms in total. The molecule has 0 aromatic rings. The van der Waals surface area contributed by atoms with Gasteiger partial charge in [0.1, 0.15) is 5.78 Å². The Morgan fingerprint density at radius 2 is 1.38 bits per heavy atom. The molecule has 4 rings (SSSR count). The van der Waals surface area contributed by atoms with Crippen LogP contribution in [0.2, 0.25) is 0 Å². The smallest absolute Gasteiger partial charge is 0.144 e. The van der Waals surface area contributed by atoms with Crippen LogP contribution in [-0.4, -0.2) is 5.78 Å². The Kier molecular flexibility index (Phi) is 1.24. The molecule has 0 aromatic carbocycles. The molecule has 0 aliphatic heterocycles. The van der Waals surface area contributed by atoms with Gasteiger partial charge < -0.3 is 0 Å². The molecule has 4 saturated carbocycles. The van der Waals surface area contributed by atoms with Gasteiger partial charge in [-0.05, 0) is 43.9 Å². The highest BCUT2D eigenvalue weighted by atomic mass is 16.1. The third-order valence-corrected chi connectivity index (χ3v) is 4.72. The first-order chi connectivity index (χ1) is 6.02. The van der Waals surface area contributed by atoms with Gasteiger partial charge in [-0.15, -0.1) is 0 Å². The van der Waals surface area contributed by atoms with Crippen molar-refractivity contribution >= 4 is 5.78 Å². The maximum Gasteiger partial charge on any atom is 0.144 e. The maximum atomic E-state index is 12.2. The van der Waals surface area contributed by atoms with Gasteiger partial charge in [-0.25, -0.2) is 0 Å². The molecule has 0 N–H and O–H groups in total. The molecule has 0 unspecified atom stereocenters. The van der Waals surface area contributed by atoms with Gasteiger partial charge >= 0.3 is 0 Å². The zero-order chi connectivity index (χ0) is 9.27. The molecular weight excluding hydrogens is 160 g/mol. The predicted octanol–water partition coefficient (Wildman–Crippen LogP) is 2.79. The van der Waals surface area contributed by atoms with Gasteiger partial charge in [-0.2, -0.15) is 0 Å². The highest BCUT2D eigenvalue weighted by molar-refractivity contribution is 5.91. The summed E-state index contributed by atoms with van der Waals surface area (Å²) in [5.74, 6) is 2.34. The summed E-state index contributed by atoms with van der Waals surface area (Å²) in [5.41, 5.74) is 0.164. The molecule has 0 radical (unpaired) electrons. The Balaban J connectivity index is 2.08. The van der Waals surface area contributed by atoms with Crippen LogP contribution in [0.1, 0.15) is 46.0 Å². The quantitative estimate of drug-likeness (QED) is 0.557. The summed E-state index contributed by atoms with van der Waals surface area (Å²) < 4.78 is 0. The average Bonchev–Trinajstić information content (AvgIpc) is 1.97. The molecule has 13 heavy (non-hydrogen) atoms. The van der Waals surface area contributed by atoms with Gasteiger partial charge in [0.25, 0.3) is 0 Å². The monoisotopic (exact) mass is 178 g/mol. The van der Waals surface area contributed by atoms with Crippen LogP contribution in [0, 0.1) is 22.7 Å². The minimum Gasteiger partial charge on any atom is -0.298 e. The molecule has 4 aliphatic carbocycles. The van der Waals surface area contributed by atoms with Gasteiger partial charge in [0.05, 0.1) is 0 Å². The summed E-state index contributed by atoms with van der Waals surface area (Å²) in [6.07, 6.45) is 6.18. The molecule has 0 heterocycles. The van der Waals surface area contributed by atoms with Gasteiger partial charge in [-0.1, -0.05) is 13.8 Å². The molecule has 0 aromatic heterocycles. The molecule has 0 amide bonds. The highest BCUT2D eigenvalue weighted by Gasteiger charge is 2.59. The standard InChI is InChI=1S/C12H18O/c1-11-4-8-3-9(5-11)7-12(2,6-8)10(11)13/h8-9H,3-7H2,1-2H3. The Morgan fingerprint density at radius 3 is 1.77 bits per heavy atom. The summed E-state index contributed by atoms with van der Waals surface area (Å²) in [5, 5.41) is 0. The predicted molar refractivity (Wildman–Crippen MR) is 51.3 cm³/mol. The second kappa shape index (κ2) is 2.02. The molecule has 4 bridgehead atoms. The first-order valence-electron chi connectivity index (χ1n) is 5.57. The van der Waals surface area contributed by atoms with Crippen LogP contribution < -0.4 is 0 Å². The zero-order valence-electron chi connectivity index (χ0n) is 8.60. The minimum atomic E-state index is 0.0822. The lowest BCUT2D eigenvalue weighted by molar-refractivity contribution is -0.162. The molecule has 4 aliphatic rings. The fraction of sp³-hybridized carbons (Fsp3) is 0.917. The maximum absolute atomic E-state index is 12.2. The van der Waals surface area contributed by atoms with Crippen LogP contribution in [-0.2, 0) is 4.79 Å². The summed E-state index contributed by atoms with van der Waals surface area (Å²) in [7, 11) is 0. The van der Waals surface area contributed by atoms with Crippen molar-refractivity contribution in [2.24, 2.45) is 22.7 Å². The number of carbonyl (C=O) groups excluding carboxylic acids is 1. The van der Waals surface area contributed by atoms with Crippen molar-refractivity contribution in [1.82, 2.24) is 0 Å². The average molecular weight is 178 g/mol. The minimum absolute atomic E-state index is 0.0822. The zero-order valence-corrected chi connectivity index (χ0v) is 8.60. The summed E-state index contributed by atoms with van der Waals surface area (Å²) >= 11 is 0. The fourth-order valence-corrected chi connectivity index (χ4v) is 4.76. The van der Waals surface area contributed by atoms with Crippen molar-refractivity contribution in [3.63, 3.8) is 0 Å². The summed E-state index contributed by atoms with van der Waals surface area (Å²) in [4.78, 5) is 12.2. The normalized spacial score (nSPS) is 58.8. The molecule has 1 heteroatoms. The van der Waals surface area contributed by atoms with Crippen molar-refractivity contribution in [3.05, 3.63) is 0 Å². The summed E-state index contributed by atoms with van der Waals surface area (Å²) in [6.45, 7) is 4.43. The molecule has 72 valence electrons. The number of carbonyl (C=O) groups is 1. The van der Waals surface area contributed by atoms with Gasteiger partial charge in [0.2, 0.25) is 0 Å². The van der Waals surface area contributed by atoms with E-state index >= 15 is 0 Å². The molecular formula is C12H18O. The van der Waals surface area contributed by atoms with Gasteiger partial charge in [0, 0.05) is 10.8 Å². The van der Waals surface area contributed by atoms with E-state index in [0.29, 0.717) is 5.78 Å². The molecule has 0 spiro atoms. The van der Waals surface area contributed by atoms with E-state index < -0.39 is 0 Å². The van der Waals surface area contributed by atoms with Crippen LogP contribution >= 0.6 is 0 Å². The van der Waals surface area contributed by atoms with Crippen LogP contribution in [0.25, 0.3) is 0 Å². The second-order valence-corrected chi connectivity index (χ2v) is 6.23. The number of hydrogen-bond acceptors (Lipinski definition) is 1. The number of rotatable bonds is 0. The summed E-state index contributed by atoms with van der Waals surface area (Å²) in [6, 6.07) is 0. The lowest BCUT2D eigenvalue weighted by Crippen LogP contribution is -2.56. The van der Waals surface area contributed by atoms with E-state index in [9.17, 15) is 4.79 Å². The van der Waals surface area contributed by atoms with E-state index in [1.807, 2.05) is 0 Å². The lowest BCUT2D eigenvalue weighted by atomic mass is 9.44. The molecule has 0 saturated heterocycles. The molecule has 0 atom stereocenters. The van der Waals surface area contributed by atoms with E-state index in [1.165, 1.54) is 32.1 Å². The van der Waals surface area contributed by atoms with E-state index in [-0.39, 0.29) is 10.8 Å². The van der Waals surface area contributed by atoms with Crippen molar-refractivity contribution in [1.29, 1.82) is 0 Å². The Morgan fingerprint density at radius 1 is 1.00 bits per heavy atom. The fourth-order valence-electron chi connectivity index (χ4n) is 4.76. The Labute approximate surface area is 79.9 Å². The lowest BCUT2D eigenvalue weighted by Gasteiger charge is -2.58. The van der Waals surface area contributed by atoms with E-state index in [4.69, 9.17) is 0 Å². The molecule has 4 fully saturated rings. The number of ketones is 1. The van der Waals surface area contributed by atoms with Crippen molar-refractivity contribution in [2.75, 3.05) is 0 Å².